The van der Waals surface area contributed by atoms with E-state index < -0.39 is 5.92 Å². The maximum absolute atomic E-state index is 12.3. The van der Waals surface area contributed by atoms with E-state index in [4.69, 9.17) is 23.2 Å². The second-order valence-corrected chi connectivity index (χ2v) is 6.11. The molecule has 1 aliphatic rings. The Morgan fingerprint density at radius 1 is 1.22 bits per heavy atom. The van der Waals surface area contributed by atoms with E-state index in [9.17, 15) is 9.59 Å². The van der Waals surface area contributed by atoms with Gasteiger partial charge in [0, 0.05) is 29.9 Å². The van der Waals surface area contributed by atoms with Crippen LogP contribution in [-0.4, -0.2) is 23.3 Å². The molecule has 0 radical (unpaired) electrons. The average molecular weight is 350 g/mol. The van der Waals surface area contributed by atoms with E-state index in [2.05, 4.69) is 10.3 Å². The fourth-order valence-corrected chi connectivity index (χ4v) is 2.75. The number of hydrogen-bond donors (Lipinski definition) is 1. The molecular formula is C16H13Cl2N3O2. The van der Waals surface area contributed by atoms with Crippen molar-refractivity contribution < 1.29 is 9.59 Å². The van der Waals surface area contributed by atoms with Gasteiger partial charge in [0.1, 0.15) is 5.82 Å². The molecule has 0 aliphatic carbocycles. The zero-order chi connectivity index (χ0) is 16.4. The number of nitrogens with one attached hydrogen (secondary N) is 1. The fourth-order valence-electron chi connectivity index (χ4n) is 2.45. The topological polar surface area (TPSA) is 62.3 Å². The highest BCUT2D eigenvalue weighted by Gasteiger charge is 2.35. The lowest BCUT2D eigenvalue weighted by molar-refractivity contribution is -0.122. The SMILES string of the molecule is O=C(Nc1ccc(Cl)cn1)[C@H]1CC(=O)N(c2cccc(Cl)c2)C1. The number of hydrogen-bond acceptors (Lipinski definition) is 3. The fraction of sp³-hybridized carbons (Fsp3) is 0.188. The van der Waals surface area contributed by atoms with Crippen LogP contribution in [0.15, 0.2) is 42.6 Å². The Hall–Kier alpha value is -2.11. The molecule has 1 aromatic carbocycles. The second kappa shape index (κ2) is 6.56. The summed E-state index contributed by atoms with van der Waals surface area (Å²) in [7, 11) is 0. The molecule has 0 spiro atoms. The average Bonchev–Trinajstić information content (AvgIpc) is 2.92. The molecule has 1 saturated heterocycles. The number of nitrogens with zero attached hydrogens (tertiary/aromatic N) is 2. The second-order valence-electron chi connectivity index (χ2n) is 5.24. The van der Waals surface area contributed by atoms with Crippen LogP contribution in [0.5, 0.6) is 0 Å². The van der Waals surface area contributed by atoms with Crippen LogP contribution in [0.4, 0.5) is 11.5 Å². The summed E-state index contributed by atoms with van der Waals surface area (Å²) in [4.78, 5) is 30.1. The lowest BCUT2D eigenvalue weighted by Crippen LogP contribution is -2.28. The number of carbonyl (C=O) groups is 2. The molecule has 1 aliphatic heterocycles. The Morgan fingerprint density at radius 2 is 2.04 bits per heavy atom. The largest absolute Gasteiger partial charge is 0.312 e. The highest BCUT2D eigenvalue weighted by molar-refractivity contribution is 6.31. The monoisotopic (exact) mass is 349 g/mol. The number of amides is 2. The molecular weight excluding hydrogens is 337 g/mol. The number of benzene rings is 1. The maximum Gasteiger partial charge on any atom is 0.230 e. The third-order valence-electron chi connectivity index (χ3n) is 3.59. The van der Waals surface area contributed by atoms with Crippen molar-refractivity contribution in [3.8, 4) is 0 Å². The van der Waals surface area contributed by atoms with Gasteiger partial charge in [-0.1, -0.05) is 29.3 Å². The Morgan fingerprint density at radius 3 is 2.74 bits per heavy atom. The van der Waals surface area contributed by atoms with Crippen molar-refractivity contribution in [2.45, 2.75) is 6.42 Å². The van der Waals surface area contributed by atoms with E-state index in [0.29, 0.717) is 28.1 Å². The summed E-state index contributed by atoms with van der Waals surface area (Å²) in [5.41, 5.74) is 0.697. The van der Waals surface area contributed by atoms with E-state index in [1.807, 2.05) is 0 Å². The first-order valence-electron chi connectivity index (χ1n) is 7.01. The van der Waals surface area contributed by atoms with E-state index in [-0.39, 0.29) is 18.2 Å². The van der Waals surface area contributed by atoms with Gasteiger partial charge in [-0.05, 0) is 30.3 Å². The Labute approximate surface area is 143 Å². The summed E-state index contributed by atoms with van der Waals surface area (Å²) < 4.78 is 0. The predicted octanol–water partition coefficient (Wildman–Crippen LogP) is 3.38. The number of halogens is 2. The summed E-state index contributed by atoms with van der Waals surface area (Å²) in [6.07, 6.45) is 1.61. The summed E-state index contributed by atoms with van der Waals surface area (Å²) in [6.45, 7) is 0.318. The molecule has 0 unspecified atom stereocenters. The molecule has 2 heterocycles. The first kappa shape index (κ1) is 15.8. The van der Waals surface area contributed by atoms with Gasteiger partial charge in [-0.3, -0.25) is 9.59 Å². The van der Waals surface area contributed by atoms with Crippen LogP contribution in [-0.2, 0) is 9.59 Å². The van der Waals surface area contributed by atoms with Gasteiger partial charge in [0.25, 0.3) is 0 Å². The number of anilines is 2. The Balaban J connectivity index is 1.69. The quantitative estimate of drug-likeness (QED) is 0.923. The van der Waals surface area contributed by atoms with Crippen molar-refractivity contribution in [2.75, 3.05) is 16.8 Å². The smallest absolute Gasteiger partial charge is 0.230 e. The molecule has 1 atom stereocenters. The van der Waals surface area contributed by atoms with Gasteiger partial charge in [0.2, 0.25) is 11.8 Å². The van der Waals surface area contributed by atoms with Gasteiger partial charge in [0.15, 0.2) is 0 Å². The first-order valence-corrected chi connectivity index (χ1v) is 7.77. The third-order valence-corrected chi connectivity index (χ3v) is 4.05. The zero-order valence-electron chi connectivity index (χ0n) is 12.0. The minimum absolute atomic E-state index is 0.100. The molecule has 2 aromatic rings. The van der Waals surface area contributed by atoms with Crippen molar-refractivity contribution >= 4 is 46.5 Å². The number of carbonyl (C=O) groups excluding carboxylic acids is 2. The molecule has 0 saturated carbocycles. The van der Waals surface area contributed by atoms with Crippen molar-refractivity contribution in [1.29, 1.82) is 0 Å². The van der Waals surface area contributed by atoms with Crippen LogP contribution in [0.1, 0.15) is 6.42 Å². The van der Waals surface area contributed by atoms with Gasteiger partial charge in [-0.25, -0.2) is 4.98 Å². The molecule has 2 amide bonds. The van der Waals surface area contributed by atoms with Gasteiger partial charge < -0.3 is 10.2 Å². The van der Waals surface area contributed by atoms with E-state index in [1.165, 1.54) is 6.20 Å². The van der Waals surface area contributed by atoms with Crippen molar-refractivity contribution in [3.63, 3.8) is 0 Å². The summed E-state index contributed by atoms with van der Waals surface area (Å²) in [5, 5.41) is 3.74. The summed E-state index contributed by atoms with van der Waals surface area (Å²) in [5.74, 6) is -0.360. The minimum Gasteiger partial charge on any atom is -0.312 e. The molecule has 7 heteroatoms. The third kappa shape index (κ3) is 3.63. The zero-order valence-corrected chi connectivity index (χ0v) is 13.5. The molecule has 5 nitrogen and oxygen atoms in total. The van der Waals surface area contributed by atoms with E-state index >= 15 is 0 Å². The van der Waals surface area contributed by atoms with Crippen LogP contribution in [0.25, 0.3) is 0 Å². The van der Waals surface area contributed by atoms with Crippen molar-refractivity contribution in [2.24, 2.45) is 5.92 Å². The Kier molecular flexibility index (Phi) is 4.50. The normalized spacial score (nSPS) is 17.4. The van der Waals surface area contributed by atoms with E-state index in [1.54, 1.807) is 41.3 Å². The summed E-state index contributed by atoms with van der Waals surface area (Å²) in [6, 6.07) is 10.3. The lowest BCUT2D eigenvalue weighted by atomic mass is 10.1. The minimum atomic E-state index is -0.432. The van der Waals surface area contributed by atoms with Crippen LogP contribution < -0.4 is 10.2 Å². The molecule has 0 bridgehead atoms. The van der Waals surface area contributed by atoms with Gasteiger partial charge in [-0.15, -0.1) is 0 Å². The standard InChI is InChI=1S/C16H13Cl2N3O2/c17-11-2-1-3-13(7-11)21-9-10(6-15(21)22)16(23)20-14-5-4-12(18)8-19-14/h1-5,7-8,10H,6,9H2,(H,19,20,23)/t10-/m0/s1. The van der Waals surface area contributed by atoms with E-state index in [0.717, 1.165) is 0 Å². The first-order chi connectivity index (χ1) is 11.0. The van der Waals surface area contributed by atoms with Crippen LogP contribution in [0.2, 0.25) is 10.0 Å². The number of aromatic nitrogens is 1. The Bertz CT molecular complexity index is 749. The van der Waals surface area contributed by atoms with Gasteiger partial charge >= 0.3 is 0 Å². The molecule has 3 rings (SSSR count). The van der Waals surface area contributed by atoms with Crippen molar-refractivity contribution in [1.82, 2.24) is 4.98 Å². The molecule has 1 N–H and O–H groups in total. The molecule has 118 valence electrons. The molecule has 23 heavy (non-hydrogen) atoms. The van der Waals surface area contributed by atoms with Crippen LogP contribution >= 0.6 is 23.2 Å². The predicted molar refractivity (Wildman–Crippen MR) is 89.8 cm³/mol. The van der Waals surface area contributed by atoms with Crippen molar-refractivity contribution in [3.05, 3.63) is 52.6 Å². The molecule has 1 fully saturated rings. The number of rotatable bonds is 3. The maximum atomic E-state index is 12.3. The van der Waals surface area contributed by atoms with Crippen LogP contribution in [0.3, 0.4) is 0 Å². The van der Waals surface area contributed by atoms with Gasteiger partial charge in [-0.2, -0.15) is 0 Å². The molecule has 1 aromatic heterocycles. The van der Waals surface area contributed by atoms with Gasteiger partial charge in [0.05, 0.1) is 10.9 Å². The summed E-state index contributed by atoms with van der Waals surface area (Å²) >= 11 is 11.7. The highest BCUT2D eigenvalue weighted by atomic mass is 35.5. The number of pyridine rings is 1. The highest BCUT2D eigenvalue weighted by Crippen LogP contribution is 2.27. The lowest BCUT2D eigenvalue weighted by Gasteiger charge is -2.16. The van der Waals surface area contributed by atoms with Crippen LogP contribution in [0, 0.1) is 5.92 Å².